The van der Waals surface area contributed by atoms with Crippen LogP contribution < -0.4 is 14.8 Å². The van der Waals surface area contributed by atoms with Crippen molar-refractivity contribution in [2.45, 2.75) is 19.4 Å². The Morgan fingerprint density at radius 1 is 1.29 bits per heavy atom. The number of benzene rings is 1. The molecule has 0 fully saturated rings. The first-order valence-corrected chi connectivity index (χ1v) is 7.20. The Bertz CT molecular complexity index is 611. The number of aryl methyl sites for hydroxylation is 1. The average molecular weight is 288 g/mol. The van der Waals surface area contributed by atoms with E-state index in [0.717, 1.165) is 30.3 Å². The van der Waals surface area contributed by atoms with Crippen LogP contribution in [0.3, 0.4) is 0 Å². The summed E-state index contributed by atoms with van der Waals surface area (Å²) < 4.78 is 13.1. The van der Waals surface area contributed by atoms with Crippen LogP contribution in [0, 0.1) is 0 Å². The van der Waals surface area contributed by atoms with Crippen molar-refractivity contribution in [2.75, 3.05) is 19.8 Å². The lowest BCUT2D eigenvalue weighted by Gasteiger charge is -2.21. The van der Waals surface area contributed by atoms with E-state index >= 15 is 0 Å². The Morgan fingerprint density at radius 2 is 2.10 bits per heavy atom. The van der Waals surface area contributed by atoms with Gasteiger partial charge < -0.3 is 19.4 Å². The van der Waals surface area contributed by atoms with Gasteiger partial charge in [0.25, 0.3) is 0 Å². The van der Waals surface area contributed by atoms with Gasteiger partial charge in [-0.1, -0.05) is 6.07 Å². The summed E-state index contributed by atoms with van der Waals surface area (Å²) in [6.45, 7) is 4.23. The van der Waals surface area contributed by atoms with Gasteiger partial charge in [0.15, 0.2) is 11.5 Å². The molecule has 6 nitrogen and oxygen atoms in total. The zero-order chi connectivity index (χ0) is 14.7. The molecule has 1 aromatic carbocycles. The standard InChI is InChI=1S/C15H20N4O2/c1-11(16-6-5-15-18-17-10-19(15)2)12-3-4-13-14(9-12)21-8-7-20-13/h3-4,9-11,16H,5-8H2,1-2H3. The first-order chi connectivity index (χ1) is 10.2. The third kappa shape index (κ3) is 3.16. The topological polar surface area (TPSA) is 61.2 Å². The van der Waals surface area contributed by atoms with Crippen LogP contribution >= 0.6 is 0 Å². The monoisotopic (exact) mass is 288 g/mol. The van der Waals surface area contributed by atoms with Crippen LogP contribution in [0.15, 0.2) is 24.5 Å². The zero-order valence-corrected chi connectivity index (χ0v) is 12.4. The van der Waals surface area contributed by atoms with E-state index in [1.54, 1.807) is 6.33 Å². The molecule has 112 valence electrons. The van der Waals surface area contributed by atoms with Crippen LogP contribution in [0.1, 0.15) is 24.4 Å². The second-order valence-corrected chi connectivity index (χ2v) is 5.19. The summed E-state index contributed by atoms with van der Waals surface area (Å²) in [5.74, 6) is 2.65. The van der Waals surface area contributed by atoms with Crippen LogP contribution in [0.25, 0.3) is 0 Å². The summed E-state index contributed by atoms with van der Waals surface area (Å²) in [4.78, 5) is 0. The third-order valence-electron chi connectivity index (χ3n) is 3.67. The highest BCUT2D eigenvalue weighted by Gasteiger charge is 2.14. The molecular formula is C15H20N4O2. The molecule has 1 N–H and O–H groups in total. The highest BCUT2D eigenvalue weighted by atomic mass is 16.6. The lowest BCUT2D eigenvalue weighted by molar-refractivity contribution is 0.171. The quantitative estimate of drug-likeness (QED) is 0.903. The SMILES string of the molecule is CC(NCCc1nncn1C)c1ccc2c(c1)OCCO2. The van der Waals surface area contributed by atoms with Crippen LogP contribution in [0.4, 0.5) is 0 Å². The highest BCUT2D eigenvalue weighted by Crippen LogP contribution is 2.32. The second kappa shape index (κ2) is 6.13. The first-order valence-electron chi connectivity index (χ1n) is 7.20. The molecule has 1 unspecified atom stereocenters. The summed E-state index contributed by atoms with van der Waals surface area (Å²) in [5, 5.41) is 11.5. The third-order valence-corrected chi connectivity index (χ3v) is 3.67. The van der Waals surface area contributed by atoms with Gasteiger partial charge in [-0.2, -0.15) is 0 Å². The summed E-state index contributed by atoms with van der Waals surface area (Å²) >= 11 is 0. The molecular weight excluding hydrogens is 268 g/mol. The van der Waals surface area contributed by atoms with Crippen molar-refractivity contribution in [3.05, 3.63) is 35.9 Å². The van der Waals surface area contributed by atoms with Crippen molar-refractivity contribution >= 4 is 0 Å². The van der Waals surface area contributed by atoms with Crippen molar-refractivity contribution < 1.29 is 9.47 Å². The summed E-state index contributed by atoms with van der Waals surface area (Å²) in [7, 11) is 1.96. The predicted molar refractivity (Wildman–Crippen MR) is 78.6 cm³/mol. The van der Waals surface area contributed by atoms with Gasteiger partial charge in [0.1, 0.15) is 25.4 Å². The lowest BCUT2D eigenvalue weighted by atomic mass is 10.1. The smallest absolute Gasteiger partial charge is 0.161 e. The maximum absolute atomic E-state index is 5.62. The number of hydrogen-bond donors (Lipinski definition) is 1. The van der Waals surface area contributed by atoms with Gasteiger partial charge in [-0.15, -0.1) is 10.2 Å². The Hall–Kier alpha value is -2.08. The van der Waals surface area contributed by atoms with Gasteiger partial charge in [0.05, 0.1) is 0 Å². The van der Waals surface area contributed by atoms with Crippen LogP contribution in [-0.2, 0) is 13.5 Å². The molecule has 1 aromatic heterocycles. The molecule has 0 bridgehead atoms. The average Bonchev–Trinajstić information content (AvgIpc) is 2.92. The van der Waals surface area contributed by atoms with E-state index in [2.05, 4.69) is 34.6 Å². The van der Waals surface area contributed by atoms with Crippen molar-refractivity contribution in [2.24, 2.45) is 7.05 Å². The molecule has 21 heavy (non-hydrogen) atoms. The van der Waals surface area contributed by atoms with E-state index in [1.807, 2.05) is 17.7 Å². The molecule has 0 spiro atoms. The minimum absolute atomic E-state index is 0.244. The number of ether oxygens (including phenoxy) is 2. The van der Waals surface area contributed by atoms with E-state index in [0.29, 0.717) is 13.2 Å². The van der Waals surface area contributed by atoms with Gasteiger partial charge in [-0.25, -0.2) is 0 Å². The summed E-state index contributed by atoms with van der Waals surface area (Å²) in [5.41, 5.74) is 1.19. The zero-order valence-electron chi connectivity index (χ0n) is 12.4. The Kier molecular flexibility index (Phi) is 4.06. The fraction of sp³-hybridized carbons (Fsp3) is 0.467. The van der Waals surface area contributed by atoms with Crippen LogP contribution in [-0.4, -0.2) is 34.5 Å². The number of rotatable bonds is 5. The molecule has 1 aliphatic rings. The van der Waals surface area contributed by atoms with Crippen molar-refractivity contribution in [3.63, 3.8) is 0 Å². The summed E-state index contributed by atoms with van der Waals surface area (Å²) in [6, 6.07) is 6.35. The molecule has 1 atom stereocenters. The minimum atomic E-state index is 0.244. The van der Waals surface area contributed by atoms with Crippen LogP contribution in [0.2, 0.25) is 0 Å². The van der Waals surface area contributed by atoms with E-state index in [1.165, 1.54) is 5.56 Å². The maximum Gasteiger partial charge on any atom is 0.161 e. The molecule has 2 heterocycles. The first kappa shape index (κ1) is 13.9. The maximum atomic E-state index is 5.62. The van der Waals surface area contributed by atoms with E-state index in [9.17, 15) is 0 Å². The highest BCUT2D eigenvalue weighted by molar-refractivity contribution is 5.44. The van der Waals surface area contributed by atoms with E-state index < -0.39 is 0 Å². The van der Waals surface area contributed by atoms with Gasteiger partial charge in [-0.3, -0.25) is 0 Å². The molecule has 1 aliphatic heterocycles. The van der Waals surface area contributed by atoms with Gasteiger partial charge in [0.2, 0.25) is 0 Å². The molecule has 3 rings (SSSR count). The van der Waals surface area contributed by atoms with Crippen molar-refractivity contribution in [1.29, 1.82) is 0 Å². The minimum Gasteiger partial charge on any atom is -0.486 e. The van der Waals surface area contributed by atoms with Gasteiger partial charge in [-0.05, 0) is 24.6 Å². The Labute approximate surface area is 124 Å². The van der Waals surface area contributed by atoms with Crippen molar-refractivity contribution in [1.82, 2.24) is 20.1 Å². The fourth-order valence-electron chi connectivity index (χ4n) is 2.38. The number of nitrogens with zero attached hydrogens (tertiary/aromatic N) is 3. The van der Waals surface area contributed by atoms with E-state index in [4.69, 9.17) is 9.47 Å². The van der Waals surface area contributed by atoms with Gasteiger partial charge in [0, 0.05) is 26.1 Å². The molecule has 0 saturated heterocycles. The largest absolute Gasteiger partial charge is 0.486 e. The second-order valence-electron chi connectivity index (χ2n) is 5.19. The number of aromatic nitrogens is 3. The summed E-state index contributed by atoms with van der Waals surface area (Å²) in [6.07, 6.45) is 2.57. The normalized spacial score (nSPS) is 15.0. The molecule has 2 aromatic rings. The fourth-order valence-corrected chi connectivity index (χ4v) is 2.38. The number of nitrogens with one attached hydrogen (secondary N) is 1. The lowest BCUT2D eigenvalue weighted by Crippen LogP contribution is -2.23. The molecule has 0 saturated carbocycles. The molecule has 0 amide bonds. The predicted octanol–water partition coefficient (Wildman–Crippen LogP) is 1.48. The van der Waals surface area contributed by atoms with Crippen molar-refractivity contribution in [3.8, 4) is 11.5 Å². The van der Waals surface area contributed by atoms with Crippen LogP contribution in [0.5, 0.6) is 11.5 Å². The van der Waals surface area contributed by atoms with E-state index in [-0.39, 0.29) is 6.04 Å². The Morgan fingerprint density at radius 3 is 2.86 bits per heavy atom. The number of fused-ring (bicyclic) bond motifs is 1. The molecule has 0 radical (unpaired) electrons. The molecule has 6 heteroatoms. The Balaban J connectivity index is 1.58. The van der Waals surface area contributed by atoms with Gasteiger partial charge >= 0.3 is 0 Å². The number of hydrogen-bond acceptors (Lipinski definition) is 5. The molecule has 0 aliphatic carbocycles.